The second-order valence-electron chi connectivity index (χ2n) is 4.04. The van der Waals surface area contributed by atoms with Crippen LogP contribution in [-0.4, -0.2) is 11.6 Å². The van der Waals surface area contributed by atoms with E-state index in [9.17, 15) is 0 Å². The van der Waals surface area contributed by atoms with Crippen LogP contribution in [0.1, 0.15) is 24.1 Å². The molecule has 0 saturated carbocycles. The van der Waals surface area contributed by atoms with Gasteiger partial charge in [0.05, 0.1) is 18.8 Å². The number of halogens is 1. The highest BCUT2D eigenvalue weighted by Gasteiger charge is 2.13. The monoisotopic (exact) mass is 369 g/mol. The lowest BCUT2D eigenvalue weighted by atomic mass is 10.0. The number of aromatic nitrogens is 1. The fourth-order valence-corrected chi connectivity index (χ4v) is 2.48. The Morgan fingerprint density at radius 3 is 2.84 bits per heavy atom. The maximum atomic E-state index is 5.69. The lowest BCUT2D eigenvalue weighted by Gasteiger charge is -2.17. The van der Waals surface area contributed by atoms with Gasteiger partial charge in [-0.25, -0.2) is 5.43 Å². The summed E-state index contributed by atoms with van der Waals surface area (Å²) in [5, 5.41) is 0. The number of pyridine rings is 1. The van der Waals surface area contributed by atoms with Crippen molar-refractivity contribution >= 4 is 22.6 Å². The van der Waals surface area contributed by atoms with Crippen LogP contribution in [0, 0.1) is 3.57 Å². The van der Waals surface area contributed by atoms with Crippen LogP contribution < -0.4 is 16.0 Å². The summed E-state index contributed by atoms with van der Waals surface area (Å²) in [7, 11) is 0. The minimum absolute atomic E-state index is 0.0948. The molecular weight excluding hydrogens is 353 g/mol. The Bertz CT molecular complexity index is 548. The topological polar surface area (TPSA) is 60.2 Å². The first-order valence-corrected chi connectivity index (χ1v) is 7.11. The number of ether oxygens (including phenoxy) is 1. The Morgan fingerprint density at radius 1 is 1.32 bits per heavy atom. The number of nitrogens with one attached hydrogen (secondary N) is 1. The van der Waals surface area contributed by atoms with E-state index in [-0.39, 0.29) is 6.04 Å². The summed E-state index contributed by atoms with van der Waals surface area (Å²) in [4.78, 5) is 4.20. The van der Waals surface area contributed by atoms with Crippen molar-refractivity contribution in [2.45, 2.75) is 13.0 Å². The van der Waals surface area contributed by atoms with Gasteiger partial charge < -0.3 is 4.74 Å². The Labute approximate surface area is 126 Å². The summed E-state index contributed by atoms with van der Waals surface area (Å²) in [6.45, 7) is 2.57. The summed E-state index contributed by atoms with van der Waals surface area (Å²) in [5.74, 6) is 6.45. The van der Waals surface area contributed by atoms with Gasteiger partial charge in [-0.15, -0.1) is 0 Å². The highest BCUT2D eigenvalue weighted by Crippen LogP contribution is 2.24. The van der Waals surface area contributed by atoms with Crippen LogP contribution in [-0.2, 0) is 0 Å². The Balaban J connectivity index is 2.33. The zero-order chi connectivity index (χ0) is 13.7. The number of benzene rings is 1. The first-order valence-electron chi connectivity index (χ1n) is 6.04. The molecule has 1 unspecified atom stereocenters. The van der Waals surface area contributed by atoms with Crippen LogP contribution in [0.5, 0.6) is 5.75 Å². The lowest BCUT2D eigenvalue weighted by molar-refractivity contribution is 0.338. The Hall–Kier alpha value is -1.18. The van der Waals surface area contributed by atoms with Crippen LogP contribution in [0.3, 0.4) is 0 Å². The zero-order valence-corrected chi connectivity index (χ0v) is 12.8. The quantitative estimate of drug-likeness (QED) is 0.483. The molecule has 0 spiro atoms. The fraction of sp³-hybridized carbons (Fsp3) is 0.214. The molecule has 1 aromatic heterocycles. The number of nitrogens with zero attached hydrogens (tertiary/aromatic N) is 1. The minimum Gasteiger partial charge on any atom is -0.492 e. The first-order chi connectivity index (χ1) is 9.24. The molecule has 0 saturated heterocycles. The molecule has 1 aromatic carbocycles. The van der Waals surface area contributed by atoms with Gasteiger partial charge >= 0.3 is 0 Å². The van der Waals surface area contributed by atoms with Gasteiger partial charge in [-0.1, -0.05) is 12.1 Å². The molecule has 0 radical (unpaired) electrons. The Kier molecular flexibility index (Phi) is 5.12. The molecule has 2 aromatic rings. The van der Waals surface area contributed by atoms with Crippen LogP contribution in [0.25, 0.3) is 0 Å². The van der Waals surface area contributed by atoms with Crippen molar-refractivity contribution < 1.29 is 4.74 Å². The SMILES string of the molecule is CCOc1cncc(C(NN)c2cccc(I)c2)c1. The van der Waals surface area contributed by atoms with E-state index < -0.39 is 0 Å². The predicted molar refractivity (Wildman–Crippen MR) is 83.7 cm³/mol. The summed E-state index contributed by atoms with van der Waals surface area (Å²) in [6.07, 6.45) is 3.50. The van der Waals surface area contributed by atoms with E-state index in [1.54, 1.807) is 12.4 Å². The van der Waals surface area contributed by atoms with E-state index in [1.807, 2.05) is 31.2 Å². The zero-order valence-electron chi connectivity index (χ0n) is 10.6. The largest absolute Gasteiger partial charge is 0.492 e. The van der Waals surface area contributed by atoms with Crippen molar-refractivity contribution in [1.82, 2.24) is 10.4 Å². The van der Waals surface area contributed by atoms with Gasteiger partial charge in [-0.2, -0.15) is 0 Å². The van der Waals surface area contributed by atoms with Crippen LogP contribution in [0.4, 0.5) is 0 Å². The van der Waals surface area contributed by atoms with Gasteiger partial charge in [0.2, 0.25) is 0 Å². The van der Waals surface area contributed by atoms with Crippen molar-refractivity contribution in [1.29, 1.82) is 0 Å². The molecule has 2 rings (SSSR count). The summed E-state index contributed by atoms with van der Waals surface area (Å²) < 4.78 is 6.64. The predicted octanol–water partition coefficient (Wildman–Crippen LogP) is 2.64. The van der Waals surface area contributed by atoms with E-state index in [4.69, 9.17) is 10.6 Å². The van der Waals surface area contributed by atoms with Crippen molar-refractivity contribution in [2.75, 3.05) is 6.61 Å². The average Bonchev–Trinajstić information content (AvgIpc) is 2.41. The van der Waals surface area contributed by atoms with E-state index in [0.717, 1.165) is 16.9 Å². The number of hydrazine groups is 1. The molecule has 0 amide bonds. The molecule has 100 valence electrons. The third-order valence-electron chi connectivity index (χ3n) is 2.73. The van der Waals surface area contributed by atoms with Gasteiger partial charge in [0.25, 0.3) is 0 Å². The molecule has 4 nitrogen and oxygen atoms in total. The summed E-state index contributed by atoms with van der Waals surface area (Å²) in [6, 6.07) is 10.1. The third-order valence-corrected chi connectivity index (χ3v) is 3.40. The standard InChI is InChI=1S/C14H16IN3O/c1-2-19-13-7-11(8-17-9-13)14(18-16)10-4-3-5-12(15)6-10/h3-9,14,18H,2,16H2,1H3. The minimum atomic E-state index is -0.0948. The second-order valence-corrected chi connectivity index (χ2v) is 5.29. The maximum absolute atomic E-state index is 5.69. The summed E-state index contributed by atoms with van der Waals surface area (Å²) in [5.41, 5.74) is 4.92. The molecule has 0 fully saturated rings. The highest BCUT2D eigenvalue weighted by molar-refractivity contribution is 14.1. The van der Waals surface area contributed by atoms with Crippen molar-refractivity contribution in [3.05, 3.63) is 57.4 Å². The van der Waals surface area contributed by atoms with E-state index in [2.05, 4.69) is 39.1 Å². The van der Waals surface area contributed by atoms with Gasteiger partial charge in [-0.3, -0.25) is 10.8 Å². The first kappa shape index (κ1) is 14.2. The van der Waals surface area contributed by atoms with Crippen molar-refractivity contribution in [3.63, 3.8) is 0 Å². The number of hydrogen-bond donors (Lipinski definition) is 2. The molecule has 1 atom stereocenters. The smallest absolute Gasteiger partial charge is 0.137 e. The van der Waals surface area contributed by atoms with Crippen molar-refractivity contribution in [2.24, 2.45) is 5.84 Å². The number of rotatable bonds is 5. The third kappa shape index (κ3) is 3.65. The van der Waals surface area contributed by atoms with Crippen molar-refractivity contribution in [3.8, 4) is 5.75 Å². The molecule has 0 aliphatic carbocycles. The fourth-order valence-electron chi connectivity index (χ4n) is 1.91. The molecule has 0 aliphatic heterocycles. The van der Waals surface area contributed by atoms with Crippen LogP contribution in [0.2, 0.25) is 0 Å². The molecule has 0 aliphatic rings. The number of nitrogens with two attached hydrogens (primary N) is 1. The van der Waals surface area contributed by atoms with Gasteiger partial charge in [0, 0.05) is 9.77 Å². The van der Waals surface area contributed by atoms with Gasteiger partial charge in [-0.05, 0) is 58.8 Å². The van der Waals surface area contributed by atoms with Gasteiger partial charge in [0.15, 0.2) is 0 Å². The molecule has 19 heavy (non-hydrogen) atoms. The van der Waals surface area contributed by atoms with E-state index in [0.29, 0.717) is 6.61 Å². The van der Waals surface area contributed by atoms with Crippen LogP contribution in [0.15, 0.2) is 42.7 Å². The molecule has 5 heteroatoms. The Morgan fingerprint density at radius 2 is 2.16 bits per heavy atom. The highest BCUT2D eigenvalue weighted by atomic mass is 127. The molecular formula is C14H16IN3O. The average molecular weight is 369 g/mol. The molecule has 0 bridgehead atoms. The molecule has 1 heterocycles. The lowest BCUT2D eigenvalue weighted by Crippen LogP contribution is -2.29. The van der Waals surface area contributed by atoms with Gasteiger partial charge in [0.1, 0.15) is 5.75 Å². The summed E-state index contributed by atoms with van der Waals surface area (Å²) >= 11 is 2.29. The van der Waals surface area contributed by atoms with E-state index in [1.165, 1.54) is 3.57 Å². The van der Waals surface area contributed by atoms with E-state index >= 15 is 0 Å². The maximum Gasteiger partial charge on any atom is 0.137 e. The normalized spacial score (nSPS) is 12.2. The molecule has 3 N–H and O–H groups in total. The second kappa shape index (κ2) is 6.83. The number of hydrogen-bond acceptors (Lipinski definition) is 4. The van der Waals surface area contributed by atoms with Crippen LogP contribution >= 0.6 is 22.6 Å².